The number of ketones is 1. The van der Waals surface area contributed by atoms with Gasteiger partial charge in [-0.25, -0.2) is 4.79 Å². The van der Waals surface area contributed by atoms with E-state index in [2.05, 4.69) is 13.8 Å². The predicted molar refractivity (Wildman–Crippen MR) is 131 cm³/mol. The van der Waals surface area contributed by atoms with Crippen molar-refractivity contribution in [2.24, 2.45) is 39.9 Å². The average Bonchev–Trinajstić information content (AvgIpc) is 3.30. The zero-order valence-electron chi connectivity index (χ0n) is 21.3. The van der Waals surface area contributed by atoms with E-state index < -0.39 is 52.4 Å². The Balaban J connectivity index is 1.56. The van der Waals surface area contributed by atoms with Gasteiger partial charge in [-0.2, -0.15) is 0 Å². The summed E-state index contributed by atoms with van der Waals surface area (Å²) in [5, 5.41) is 34.3. The third-order valence-electron chi connectivity index (χ3n) is 10.6. The number of hydrogen-bond donors (Lipinski definition) is 3. The molecular weight excluding hydrogens is 444 g/mol. The van der Waals surface area contributed by atoms with Crippen molar-refractivity contribution >= 4 is 17.8 Å². The standard InChI is InChI=1S/C29H38O6/c1-16-15-29(34)21(22(16)31)23(32)27(4)14-13-18-20(26(18,2)3)24(28(27,5)25(29)33)35-19(30)12-11-17-9-7-6-8-10-17/h6-12,16,18,20-24,31-32,34H,13-15H2,1-5H3. The summed E-state index contributed by atoms with van der Waals surface area (Å²) in [6, 6.07) is 9.44. The van der Waals surface area contributed by atoms with Crippen LogP contribution in [0.3, 0.4) is 0 Å². The Morgan fingerprint density at radius 1 is 1.09 bits per heavy atom. The fourth-order valence-electron chi connectivity index (χ4n) is 8.19. The van der Waals surface area contributed by atoms with E-state index in [0.29, 0.717) is 6.42 Å². The first-order chi connectivity index (χ1) is 16.3. The first-order valence-electron chi connectivity index (χ1n) is 12.9. The molecule has 190 valence electrons. The highest BCUT2D eigenvalue weighted by Gasteiger charge is 2.79. The predicted octanol–water partition coefficient (Wildman–Crippen LogP) is 3.38. The largest absolute Gasteiger partial charge is 0.458 e. The molecule has 1 aromatic rings. The molecule has 0 spiro atoms. The number of esters is 1. The van der Waals surface area contributed by atoms with Gasteiger partial charge < -0.3 is 20.1 Å². The highest BCUT2D eigenvalue weighted by atomic mass is 16.5. The summed E-state index contributed by atoms with van der Waals surface area (Å²) < 4.78 is 6.15. The van der Waals surface area contributed by atoms with Crippen LogP contribution in [0.4, 0.5) is 0 Å². The SMILES string of the molecule is CC1CC2(O)C(=O)C3(C)C(OC(=O)C=Cc4ccccc4)C4C(CCC3(C)C(O)C2C1O)C4(C)C. The van der Waals surface area contributed by atoms with Crippen molar-refractivity contribution in [1.82, 2.24) is 0 Å². The van der Waals surface area contributed by atoms with E-state index in [1.54, 1.807) is 19.9 Å². The first-order valence-corrected chi connectivity index (χ1v) is 12.9. The maximum Gasteiger partial charge on any atom is 0.331 e. The van der Waals surface area contributed by atoms with E-state index in [0.717, 1.165) is 12.0 Å². The number of benzene rings is 1. The molecule has 4 aliphatic rings. The summed E-state index contributed by atoms with van der Waals surface area (Å²) in [5.41, 5.74) is -3.36. The second-order valence-electron chi connectivity index (χ2n) is 12.6. The summed E-state index contributed by atoms with van der Waals surface area (Å²) in [7, 11) is 0. The Morgan fingerprint density at radius 3 is 2.40 bits per heavy atom. The van der Waals surface area contributed by atoms with E-state index in [9.17, 15) is 24.9 Å². The second-order valence-corrected chi connectivity index (χ2v) is 12.6. The number of fused-ring (bicyclic) bond motifs is 3. The van der Waals surface area contributed by atoms with Crippen LogP contribution in [0.15, 0.2) is 36.4 Å². The molecule has 35 heavy (non-hydrogen) atoms. The molecule has 0 amide bonds. The smallest absolute Gasteiger partial charge is 0.331 e. The van der Waals surface area contributed by atoms with Crippen LogP contribution in [0.2, 0.25) is 0 Å². The van der Waals surface area contributed by atoms with Crippen LogP contribution in [0.25, 0.3) is 6.08 Å². The number of rotatable bonds is 3. The molecule has 4 saturated carbocycles. The second kappa shape index (κ2) is 7.74. The zero-order valence-corrected chi connectivity index (χ0v) is 21.3. The van der Waals surface area contributed by atoms with Gasteiger partial charge in [-0.1, -0.05) is 58.0 Å². The van der Waals surface area contributed by atoms with Crippen LogP contribution in [0, 0.1) is 39.9 Å². The molecule has 0 aromatic heterocycles. The highest BCUT2D eigenvalue weighted by molar-refractivity contribution is 5.96. The summed E-state index contributed by atoms with van der Waals surface area (Å²) in [6.45, 7) is 9.73. The maximum absolute atomic E-state index is 14.3. The van der Waals surface area contributed by atoms with Crippen LogP contribution in [0.1, 0.15) is 59.4 Å². The fourth-order valence-corrected chi connectivity index (χ4v) is 8.19. The Hall–Kier alpha value is -2.02. The molecule has 0 aliphatic heterocycles. The fraction of sp³-hybridized carbons (Fsp3) is 0.655. The minimum absolute atomic E-state index is 0.0524. The normalized spacial score (nSPS) is 48.0. The number of ether oxygens (including phenoxy) is 1. The van der Waals surface area contributed by atoms with Crippen molar-refractivity contribution in [2.45, 2.75) is 77.8 Å². The lowest BCUT2D eigenvalue weighted by atomic mass is 9.46. The monoisotopic (exact) mass is 482 g/mol. The number of hydrogen-bond acceptors (Lipinski definition) is 6. The number of aliphatic hydroxyl groups is 3. The Labute approximate surface area is 207 Å². The number of carbonyl (C=O) groups is 2. The van der Waals surface area contributed by atoms with Crippen molar-refractivity contribution in [3.05, 3.63) is 42.0 Å². The molecule has 0 heterocycles. The molecule has 6 nitrogen and oxygen atoms in total. The summed E-state index contributed by atoms with van der Waals surface area (Å²) in [5.74, 6) is -2.02. The minimum Gasteiger partial charge on any atom is -0.458 e. The Morgan fingerprint density at radius 2 is 1.74 bits per heavy atom. The highest BCUT2D eigenvalue weighted by Crippen LogP contribution is 2.73. The van der Waals surface area contributed by atoms with Crippen molar-refractivity contribution in [1.29, 1.82) is 0 Å². The van der Waals surface area contributed by atoms with Crippen molar-refractivity contribution in [3.8, 4) is 0 Å². The quantitative estimate of drug-likeness (QED) is 0.451. The lowest BCUT2D eigenvalue weighted by Gasteiger charge is -2.60. The van der Waals surface area contributed by atoms with Crippen LogP contribution >= 0.6 is 0 Å². The van der Waals surface area contributed by atoms with Crippen LogP contribution in [-0.2, 0) is 14.3 Å². The molecule has 10 unspecified atom stereocenters. The first kappa shape index (κ1) is 24.7. The molecule has 10 atom stereocenters. The van der Waals surface area contributed by atoms with Crippen molar-refractivity contribution in [2.75, 3.05) is 0 Å². The van der Waals surface area contributed by atoms with E-state index in [1.807, 2.05) is 37.3 Å². The molecular formula is C29H38O6. The molecule has 4 aliphatic carbocycles. The van der Waals surface area contributed by atoms with Gasteiger partial charge in [0.05, 0.1) is 17.6 Å². The van der Waals surface area contributed by atoms with E-state index >= 15 is 0 Å². The minimum atomic E-state index is -1.85. The molecule has 0 bridgehead atoms. The van der Waals surface area contributed by atoms with Gasteiger partial charge in [0.2, 0.25) is 0 Å². The maximum atomic E-state index is 14.3. The molecule has 0 saturated heterocycles. The third kappa shape index (κ3) is 3.19. The topological polar surface area (TPSA) is 104 Å². The van der Waals surface area contributed by atoms with Gasteiger partial charge in [0.25, 0.3) is 0 Å². The van der Waals surface area contributed by atoms with Gasteiger partial charge in [0.1, 0.15) is 11.7 Å². The Kier molecular flexibility index (Phi) is 5.45. The third-order valence-corrected chi connectivity index (χ3v) is 10.6. The van der Waals surface area contributed by atoms with E-state index in [-0.39, 0.29) is 29.6 Å². The van der Waals surface area contributed by atoms with Gasteiger partial charge in [-0.05, 0) is 55.1 Å². The van der Waals surface area contributed by atoms with Gasteiger partial charge in [-0.15, -0.1) is 0 Å². The lowest BCUT2D eigenvalue weighted by molar-refractivity contribution is -0.232. The van der Waals surface area contributed by atoms with Gasteiger partial charge in [0, 0.05) is 23.3 Å². The van der Waals surface area contributed by atoms with Crippen LogP contribution in [-0.4, -0.2) is 51.0 Å². The van der Waals surface area contributed by atoms with Gasteiger partial charge in [-0.3, -0.25) is 4.79 Å². The van der Waals surface area contributed by atoms with E-state index in [1.165, 1.54) is 6.08 Å². The number of Topliss-reactive ketones (excluding diaryl/α,β-unsaturated/α-hetero) is 1. The molecule has 3 N–H and O–H groups in total. The van der Waals surface area contributed by atoms with Gasteiger partial charge in [0.15, 0.2) is 5.78 Å². The molecule has 5 rings (SSSR count). The molecule has 6 heteroatoms. The number of carbonyl (C=O) groups excluding carboxylic acids is 2. The number of aliphatic hydroxyl groups excluding tert-OH is 2. The summed E-state index contributed by atoms with van der Waals surface area (Å²) >= 11 is 0. The van der Waals surface area contributed by atoms with Crippen molar-refractivity contribution in [3.63, 3.8) is 0 Å². The molecule has 1 aromatic carbocycles. The van der Waals surface area contributed by atoms with Gasteiger partial charge >= 0.3 is 5.97 Å². The van der Waals surface area contributed by atoms with E-state index in [4.69, 9.17) is 4.74 Å². The van der Waals surface area contributed by atoms with Crippen LogP contribution in [0.5, 0.6) is 0 Å². The molecule has 0 radical (unpaired) electrons. The average molecular weight is 483 g/mol. The summed E-state index contributed by atoms with van der Waals surface area (Å²) in [4.78, 5) is 27.5. The zero-order chi connectivity index (χ0) is 25.6. The van der Waals surface area contributed by atoms with Crippen molar-refractivity contribution < 1.29 is 29.6 Å². The Bertz CT molecular complexity index is 1060. The van der Waals surface area contributed by atoms with Crippen LogP contribution < -0.4 is 0 Å². The lowest BCUT2D eigenvalue weighted by Crippen LogP contribution is -2.72. The molecule has 4 fully saturated rings. The summed E-state index contributed by atoms with van der Waals surface area (Å²) in [6.07, 6.45) is 1.65.